The van der Waals surface area contributed by atoms with Gasteiger partial charge in [0.05, 0.1) is 0 Å². The number of hydrogen-bond acceptors (Lipinski definition) is 5. The van der Waals surface area contributed by atoms with Crippen LogP contribution < -0.4 is 11.1 Å². The molecule has 0 saturated heterocycles. The number of hydrogen-bond donors (Lipinski definition) is 2. The minimum Gasteiger partial charge on any atom is -0.379 e. The Labute approximate surface area is 94.5 Å². The van der Waals surface area contributed by atoms with Crippen LogP contribution in [0.4, 0.5) is 5.82 Å². The molecule has 1 amide bonds. The van der Waals surface area contributed by atoms with Gasteiger partial charge in [-0.15, -0.1) is 0 Å². The Bertz CT molecular complexity index is 348. The smallest absolute Gasteiger partial charge is 0.277 e. The van der Waals surface area contributed by atoms with Crippen LogP contribution in [0.15, 0.2) is 4.63 Å². The molecule has 6 nitrogen and oxygen atoms in total. The third-order valence-corrected chi connectivity index (χ3v) is 2.28. The largest absolute Gasteiger partial charge is 0.379 e. The zero-order valence-corrected chi connectivity index (χ0v) is 9.86. The van der Waals surface area contributed by atoms with Gasteiger partial charge in [0.1, 0.15) is 0 Å². The van der Waals surface area contributed by atoms with Crippen LogP contribution in [0.2, 0.25) is 0 Å². The molecule has 3 N–H and O–H groups in total. The van der Waals surface area contributed by atoms with Crippen molar-refractivity contribution < 1.29 is 9.42 Å². The molecule has 0 radical (unpaired) electrons. The van der Waals surface area contributed by atoms with Gasteiger partial charge in [-0.2, -0.15) is 0 Å². The van der Waals surface area contributed by atoms with Crippen LogP contribution in [0.1, 0.15) is 44.1 Å². The van der Waals surface area contributed by atoms with Gasteiger partial charge in [0, 0.05) is 6.04 Å². The molecule has 0 aliphatic rings. The molecule has 16 heavy (non-hydrogen) atoms. The highest BCUT2D eigenvalue weighted by Crippen LogP contribution is 2.08. The lowest BCUT2D eigenvalue weighted by molar-refractivity contribution is 0.0928. The van der Waals surface area contributed by atoms with Crippen molar-refractivity contribution >= 4 is 11.7 Å². The minimum absolute atomic E-state index is 0.0218. The molecule has 1 rings (SSSR count). The minimum atomic E-state index is -0.338. The molecule has 0 bridgehead atoms. The first-order chi connectivity index (χ1) is 7.50. The van der Waals surface area contributed by atoms with Gasteiger partial charge in [-0.1, -0.05) is 13.8 Å². The Morgan fingerprint density at radius 3 is 2.56 bits per heavy atom. The summed E-state index contributed by atoms with van der Waals surface area (Å²) in [6.07, 6.45) is 1.99. The summed E-state index contributed by atoms with van der Waals surface area (Å²) in [7, 11) is 0. The quantitative estimate of drug-likeness (QED) is 0.786. The summed E-state index contributed by atoms with van der Waals surface area (Å²) in [5.74, 6) is 0.307. The number of anilines is 1. The number of nitrogens with two attached hydrogens (primary N) is 1. The van der Waals surface area contributed by atoms with Crippen molar-refractivity contribution in [2.24, 2.45) is 5.92 Å². The molecule has 0 spiro atoms. The molecule has 6 heteroatoms. The van der Waals surface area contributed by atoms with Crippen LogP contribution in [0.25, 0.3) is 0 Å². The van der Waals surface area contributed by atoms with Crippen molar-refractivity contribution in [3.8, 4) is 0 Å². The van der Waals surface area contributed by atoms with E-state index in [1.807, 2.05) is 6.92 Å². The van der Waals surface area contributed by atoms with E-state index >= 15 is 0 Å². The SMILES string of the molecule is CC(C)CCC(C)NC(=O)c1nonc1N. The summed E-state index contributed by atoms with van der Waals surface area (Å²) in [4.78, 5) is 11.6. The van der Waals surface area contributed by atoms with Crippen molar-refractivity contribution in [3.05, 3.63) is 5.69 Å². The fourth-order valence-electron chi connectivity index (χ4n) is 1.30. The van der Waals surface area contributed by atoms with E-state index in [1.54, 1.807) is 0 Å². The lowest BCUT2D eigenvalue weighted by Gasteiger charge is -2.13. The highest BCUT2D eigenvalue weighted by atomic mass is 16.6. The first kappa shape index (κ1) is 12.5. The lowest BCUT2D eigenvalue weighted by atomic mass is 10.0. The third-order valence-electron chi connectivity index (χ3n) is 2.28. The molecule has 0 aromatic carbocycles. The Hall–Kier alpha value is -1.59. The predicted octanol–water partition coefficient (Wildman–Crippen LogP) is 1.21. The summed E-state index contributed by atoms with van der Waals surface area (Å²) in [6.45, 7) is 6.24. The first-order valence-corrected chi connectivity index (χ1v) is 5.39. The fraction of sp³-hybridized carbons (Fsp3) is 0.700. The highest BCUT2D eigenvalue weighted by molar-refractivity contribution is 5.96. The van der Waals surface area contributed by atoms with Crippen LogP contribution in [-0.2, 0) is 0 Å². The molecule has 1 aromatic rings. The van der Waals surface area contributed by atoms with E-state index in [-0.39, 0.29) is 23.5 Å². The Morgan fingerprint density at radius 2 is 2.06 bits per heavy atom. The van der Waals surface area contributed by atoms with Crippen LogP contribution in [0.3, 0.4) is 0 Å². The van der Waals surface area contributed by atoms with Gasteiger partial charge < -0.3 is 11.1 Å². The van der Waals surface area contributed by atoms with Crippen LogP contribution in [0.5, 0.6) is 0 Å². The van der Waals surface area contributed by atoms with E-state index in [4.69, 9.17) is 5.73 Å². The number of nitrogen functional groups attached to an aromatic ring is 1. The Balaban J connectivity index is 2.43. The van der Waals surface area contributed by atoms with E-state index in [0.717, 1.165) is 12.8 Å². The lowest BCUT2D eigenvalue weighted by Crippen LogP contribution is -2.33. The van der Waals surface area contributed by atoms with Crippen molar-refractivity contribution in [2.75, 3.05) is 5.73 Å². The molecule has 90 valence electrons. The first-order valence-electron chi connectivity index (χ1n) is 5.39. The highest BCUT2D eigenvalue weighted by Gasteiger charge is 2.17. The van der Waals surface area contributed by atoms with Gasteiger partial charge in [0.2, 0.25) is 11.5 Å². The summed E-state index contributed by atoms with van der Waals surface area (Å²) in [5, 5.41) is 9.59. The normalized spacial score (nSPS) is 12.8. The van der Waals surface area contributed by atoms with Gasteiger partial charge in [0.15, 0.2) is 0 Å². The maximum Gasteiger partial charge on any atom is 0.277 e. The fourth-order valence-corrected chi connectivity index (χ4v) is 1.30. The topological polar surface area (TPSA) is 94.0 Å². The van der Waals surface area contributed by atoms with Crippen molar-refractivity contribution in [3.63, 3.8) is 0 Å². The summed E-state index contributed by atoms with van der Waals surface area (Å²) in [6, 6.07) is 0.0889. The zero-order chi connectivity index (χ0) is 12.1. The molecular weight excluding hydrogens is 208 g/mol. The number of rotatable bonds is 5. The standard InChI is InChI=1S/C10H18N4O2/c1-6(2)4-5-7(3)12-10(15)8-9(11)14-16-13-8/h6-7H,4-5H2,1-3H3,(H2,11,14)(H,12,15). The van der Waals surface area contributed by atoms with Gasteiger partial charge >= 0.3 is 0 Å². The van der Waals surface area contributed by atoms with E-state index < -0.39 is 0 Å². The van der Waals surface area contributed by atoms with E-state index in [1.165, 1.54) is 0 Å². The van der Waals surface area contributed by atoms with Crippen LogP contribution >= 0.6 is 0 Å². The van der Waals surface area contributed by atoms with Crippen molar-refractivity contribution in [2.45, 2.75) is 39.7 Å². The average Bonchev–Trinajstić information content (AvgIpc) is 2.61. The molecule has 0 fully saturated rings. The Kier molecular flexibility index (Phi) is 4.28. The van der Waals surface area contributed by atoms with E-state index in [9.17, 15) is 4.79 Å². The average molecular weight is 226 g/mol. The van der Waals surface area contributed by atoms with Gasteiger partial charge in [-0.3, -0.25) is 4.79 Å². The number of nitrogens with zero attached hydrogens (tertiary/aromatic N) is 2. The number of aromatic nitrogens is 2. The van der Waals surface area contributed by atoms with Gasteiger partial charge in [0.25, 0.3) is 5.91 Å². The van der Waals surface area contributed by atoms with Gasteiger partial charge in [-0.05, 0) is 36.0 Å². The molecule has 1 unspecified atom stereocenters. The summed E-state index contributed by atoms with van der Waals surface area (Å²) in [5.41, 5.74) is 5.46. The second-order valence-electron chi connectivity index (χ2n) is 4.34. The number of amides is 1. The maximum absolute atomic E-state index is 11.6. The third kappa shape index (κ3) is 3.52. The van der Waals surface area contributed by atoms with E-state index in [0.29, 0.717) is 5.92 Å². The molecule has 0 aliphatic heterocycles. The molecule has 1 heterocycles. The Morgan fingerprint density at radius 1 is 1.38 bits per heavy atom. The number of carbonyl (C=O) groups excluding carboxylic acids is 1. The summed E-state index contributed by atoms with van der Waals surface area (Å²) >= 11 is 0. The maximum atomic E-state index is 11.6. The number of carbonyl (C=O) groups is 1. The molecule has 1 aromatic heterocycles. The number of nitrogens with one attached hydrogen (secondary N) is 1. The second kappa shape index (κ2) is 5.48. The molecule has 0 aliphatic carbocycles. The zero-order valence-electron chi connectivity index (χ0n) is 9.86. The molecular formula is C10H18N4O2. The van der Waals surface area contributed by atoms with Crippen molar-refractivity contribution in [1.29, 1.82) is 0 Å². The summed E-state index contributed by atoms with van der Waals surface area (Å²) < 4.78 is 4.36. The van der Waals surface area contributed by atoms with Crippen LogP contribution in [-0.4, -0.2) is 22.3 Å². The van der Waals surface area contributed by atoms with Crippen LogP contribution in [0, 0.1) is 5.92 Å². The van der Waals surface area contributed by atoms with Gasteiger partial charge in [-0.25, -0.2) is 4.63 Å². The predicted molar refractivity (Wildman–Crippen MR) is 59.7 cm³/mol. The van der Waals surface area contributed by atoms with E-state index in [2.05, 4.69) is 34.1 Å². The molecule has 1 atom stereocenters. The van der Waals surface area contributed by atoms with Crippen molar-refractivity contribution in [1.82, 2.24) is 15.6 Å². The molecule has 0 saturated carbocycles. The second-order valence-corrected chi connectivity index (χ2v) is 4.34. The monoisotopic (exact) mass is 226 g/mol.